The Labute approximate surface area is 132 Å². The van der Waals surface area contributed by atoms with Gasteiger partial charge in [0, 0.05) is 19.1 Å². The third kappa shape index (κ3) is 3.57. The van der Waals surface area contributed by atoms with E-state index in [1.807, 2.05) is 0 Å². The number of pyridine rings is 1. The summed E-state index contributed by atoms with van der Waals surface area (Å²) < 4.78 is 24.3. The van der Waals surface area contributed by atoms with Crippen LogP contribution in [0, 0.1) is 10.1 Å². The van der Waals surface area contributed by atoms with Crippen LogP contribution in [0.25, 0.3) is 0 Å². The Morgan fingerprint density at radius 1 is 1.50 bits per heavy atom. The number of aromatic nitrogens is 1. The highest BCUT2D eigenvalue weighted by Gasteiger charge is 2.29. The number of hydrogen-bond acceptors (Lipinski definition) is 7. The number of rotatable bonds is 4. The van der Waals surface area contributed by atoms with E-state index in [0.717, 1.165) is 6.26 Å². The summed E-state index contributed by atoms with van der Waals surface area (Å²) in [5.74, 6) is -0.217. The van der Waals surface area contributed by atoms with Crippen LogP contribution in [-0.4, -0.2) is 48.0 Å². The smallest absolute Gasteiger partial charge is 0.335 e. The van der Waals surface area contributed by atoms with Gasteiger partial charge in [-0.15, -0.1) is 0 Å². The number of nitro groups is 1. The van der Waals surface area contributed by atoms with E-state index >= 15 is 0 Å². The van der Waals surface area contributed by atoms with Gasteiger partial charge in [0.05, 0.1) is 22.4 Å². The van der Waals surface area contributed by atoms with Gasteiger partial charge in [0.1, 0.15) is 5.69 Å². The monoisotopic (exact) mass is 349 g/mol. The number of nitrogens with two attached hydrogens (primary N) is 1. The van der Waals surface area contributed by atoms with Gasteiger partial charge in [-0.25, -0.2) is 17.7 Å². The van der Waals surface area contributed by atoms with Gasteiger partial charge in [-0.1, -0.05) is 11.6 Å². The Morgan fingerprint density at radius 2 is 2.09 bits per heavy atom. The first-order valence-corrected chi connectivity index (χ1v) is 8.72. The van der Waals surface area contributed by atoms with Crippen molar-refractivity contribution in [3.8, 4) is 0 Å². The lowest BCUT2D eigenvalue weighted by molar-refractivity contribution is -0.383. The van der Waals surface area contributed by atoms with Crippen LogP contribution in [0.4, 0.5) is 17.2 Å². The SMILES string of the molecule is CS(=O)(=O)N1CCC(Nc2c(Cl)cnc(N)c2[N+](=O)[O-])CC1. The zero-order valence-electron chi connectivity index (χ0n) is 11.8. The molecule has 2 rings (SSSR count). The third-order valence-corrected chi connectivity index (χ3v) is 5.08. The summed E-state index contributed by atoms with van der Waals surface area (Å²) in [4.78, 5) is 14.2. The van der Waals surface area contributed by atoms with Gasteiger partial charge in [-0.05, 0) is 12.8 Å². The lowest BCUT2D eigenvalue weighted by atomic mass is 10.1. The minimum absolute atomic E-state index is 0.103. The molecular formula is C11H16ClN5O4S. The van der Waals surface area contributed by atoms with E-state index in [1.54, 1.807) is 0 Å². The van der Waals surface area contributed by atoms with Gasteiger partial charge in [0.2, 0.25) is 15.8 Å². The fraction of sp³-hybridized carbons (Fsp3) is 0.545. The van der Waals surface area contributed by atoms with Crippen molar-refractivity contribution in [3.63, 3.8) is 0 Å². The van der Waals surface area contributed by atoms with Crippen molar-refractivity contribution in [2.75, 3.05) is 30.4 Å². The number of anilines is 2. The minimum atomic E-state index is -3.22. The van der Waals surface area contributed by atoms with Crippen molar-refractivity contribution in [1.29, 1.82) is 0 Å². The molecule has 1 aliphatic heterocycles. The van der Waals surface area contributed by atoms with Gasteiger partial charge in [-0.3, -0.25) is 10.1 Å². The van der Waals surface area contributed by atoms with Crippen LogP contribution < -0.4 is 11.1 Å². The largest absolute Gasteiger partial charge is 0.378 e. The van der Waals surface area contributed by atoms with Gasteiger partial charge >= 0.3 is 5.69 Å². The van der Waals surface area contributed by atoms with E-state index in [1.165, 1.54) is 10.5 Å². The maximum Gasteiger partial charge on any atom is 0.335 e. The van der Waals surface area contributed by atoms with E-state index in [0.29, 0.717) is 25.9 Å². The molecule has 0 unspecified atom stereocenters. The fourth-order valence-electron chi connectivity index (χ4n) is 2.35. The molecule has 2 heterocycles. The molecule has 1 fully saturated rings. The molecule has 11 heteroatoms. The van der Waals surface area contributed by atoms with Crippen molar-refractivity contribution in [3.05, 3.63) is 21.3 Å². The second kappa shape index (κ2) is 6.23. The molecule has 0 aliphatic carbocycles. The molecule has 0 radical (unpaired) electrons. The lowest BCUT2D eigenvalue weighted by Crippen LogP contribution is -2.41. The third-order valence-electron chi connectivity index (χ3n) is 3.49. The number of nitrogens with one attached hydrogen (secondary N) is 1. The number of nitrogens with zero attached hydrogens (tertiary/aromatic N) is 3. The number of piperidine rings is 1. The van der Waals surface area contributed by atoms with E-state index in [4.69, 9.17) is 17.3 Å². The molecule has 0 bridgehead atoms. The zero-order valence-corrected chi connectivity index (χ0v) is 13.4. The molecule has 0 saturated carbocycles. The molecule has 22 heavy (non-hydrogen) atoms. The normalized spacial score (nSPS) is 17.4. The van der Waals surface area contributed by atoms with Gasteiger partial charge in [-0.2, -0.15) is 0 Å². The molecule has 1 saturated heterocycles. The van der Waals surface area contributed by atoms with E-state index in [2.05, 4.69) is 10.3 Å². The van der Waals surface area contributed by atoms with Crippen molar-refractivity contribution < 1.29 is 13.3 Å². The quantitative estimate of drug-likeness (QED) is 0.613. The van der Waals surface area contributed by atoms with Crippen LogP contribution in [0.3, 0.4) is 0 Å². The molecule has 122 valence electrons. The number of sulfonamides is 1. The summed E-state index contributed by atoms with van der Waals surface area (Å²) >= 11 is 5.97. The molecular weight excluding hydrogens is 334 g/mol. The minimum Gasteiger partial charge on any atom is -0.378 e. The Bertz CT molecular complexity index is 688. The molecule has 1 aromatic heterocycles. The molecule has 1 aliphatic rings. The molecule has 0 spiro atoms. The van der Waals surface area contributed by atoms with Crippen LogP contribution in [0.15, 0.2) is 6.20 Å². The summed E-state index contributed by atoms with van der Waals surface area (Å²) in [6.07, 6.45) is 3.44. The van der Waals surface area contributed by atoms with Gasteiger partial charge in [0.15, 0.2) is 0 Å². The van der Waals surface area contributed by atoms with Gasteiger partial charge < -0.3 is 11.1 Å². The van der Waals surface area contributed by atoms with Crippen LogP contribution in [0.2, 0.25) is 5.02 Å². The number of nitrogen functional groups attached to an aromatic ring is 1. The second-order valence-electron chi connectivity index (χ2n) is 5.05. The summed E-state index contributed by atoms with van der Waals surface area (Å²) in [6.45, 7) is 0.699. The Hall–Kier alpha value is -1.65. The molecule has 1 aromatic rings. The predicted molar refractivity (Wildman–Crippen MR) is 83.4 cm³/mol. The fourth-order valence-corrected chi connectivity index (χ4v) is 3.42. The highest BCUT2D eigenvalue weighted by molar-refractivity contribution is 7.88. The summed E-state index contributed by atoms with van der Waals surface area (Å²) in [5.41, 5.74) is 5.30. The number of halogens is 1. The van der Waals surface area contributed by atoms with Crippen LogP contribution in [0.1, 0.15) is 12.8 Å². The van der Waals surface area contributed by atoms with Crippen molar-refractivity contribution in [2.45, 2.75) is 18.9 Å². The summed E-state index contributed by atoms with van der Waals surface area (Å²) in [7, 11) is -3.22. The lowest BCUT2D eigenvalue weighted by Gasteiger charge is -2.31. The Kier molecular flexibility index (Phi) is 4.73. The summed E-state index contributed by atoms with van der Waals surface area (Å²) in [6, 6.07) is -0.129. The zero-order chi connectivity index (χ0) is 16.5. The predicted octanol–water partition coefficient (Wildman–Crippen LogP) is 1.06. The van der Waals surface area contributed by atoms with E-state index < -0.39 is 14.9 Å². The molecule has 0 amide bonds. The van der Waals surface area contributed by atoms with E-state index in [9.17, 15) is 18.5 Å². The van der Waals surface area contributed by atoms with Crippen LogP contribution in [0.5, 0.6) is 0 Å². The first-order valence-electron chi connectivity index (χ1n) is 6.50. The molecule has 9 nitrogen and oxygen atoms in total. The first-order chi connectivity index (χ1) is 10.2. The van der Waals surface area contributed by atoms with Crippen LogP contribution >= 0.6 is 11.6 Å². The molecule has 3 N–H and O–H groups in total. The Morgan fingerprint density at radius 3 is 2.59 bits per heavy atom. The average Bonchev–Trinajstić information content (AvgIpc) is 2.42. The highest BCUT2D eigenvalue weighted by atomic mass is 35.5. The van der Waals surface area contributed by atoms with Crippen molar-refractivity contribution in [1.82, 2.24) is 9.29 Å². The van der Waals surface area contributed by atoms with Crippen molar-refractivity contribution >= 4 is 38.8 Å². The summed E-state index contributed by atoms with van der Waals surface area (Å²) in [5, 5.41) is 14.2. The average molecular weight is 350 g/mol. The molecule has 0 atom stereocenters. The second-order valence-corrected chi connectivity index (χ2v) is 7.44. The van der Waals surface area contributed by atoms with E-state index in [-0.39, 0.29) is 28.3 Å². The number of hydrogen-bond donors (Lipinski definition) is 2. The standard InChI is InChI=1S/C11H16ClN5O4S/c1-22(20,21)16-4-2-7(3-5-16)15-9-8(12)6-14-11(13)10(9)17(18)19/h6-7H,2-5H2,1H3,(H3,13,14,15). The molecule has 0 aromatic carbocycles. The van der Waals surface area contributed by atoms with Crippen LogP contribution in [-0.2, 0) is 10.0 Å². The van der Waals surface area contributed by atoms with Crippen molar-refractivity contribution in [2.24, 2.45) is 0 Å². The van der Waals surface area contributed by atoms with Gasteiger partial charge in [0.25, 0.3) is 0 Å². The first kappa shape index (κ1) is 16.7. The highest BCUT2D eigenvalue weighted by Crippen LogP contribution is 2.36. The maximum absolute atomic E-state index is 11.5. The Balaban J connectivity index is 2.16. The topological polar surface area (TPSA) is 131 Å². The maximum atomic E-state index is 11.5.